The first-order valence-corrected chi connectivity index (χ1v) is 8.08. The van der Waals surface area contributed by atoms with Crippen molar-refractivity contribution in [2.75, 3.05) is 5.32 Å². The molecular weight excluding hydrogens is 352 g/mol. The Morgan fingerprint density at radius 2 is 2.05 bits per heavy atom. The van der Waals surface area contributed by atoms with Crippen LogP contribution >= 0.6 is 27.5 Å². The van der Waals surface area contributed by atoms with Crippen LogP contribution < -0.4 is 5.32 Å². The molecule has 0 aliphatic heterocycles. The summed E-state index contributed by atoms with van der Waals surface area (Å²) < 4.78 is 2.87. The lowest BCUT2D eigenvalue weighted by atomic mass is 10.1. The molecule has 1 aliphatic rings. The van der Waals surface area contributed by atoms with Crippen LogP contribution in [0.2, 0.25) is 5.02 Å². The number of carbonyl (C=O) groups is 1. The standard InChI is InChI=1S/C16H16BrClN2O/c1-9-5-10(2)15(13(17)6-9)19-16(21)14-7-11(18)8-20(14)12-3-4-12/h5-8,12H,3-4H2,1-2H3,(H,19,21). The number of nitrogens with one attached hydrogen (secondary N) is 1. The van der Waals surface area contributed by atoms with Crippen molar-refractivity contribution >= 4 is 39.1 Å². The lowest BCUT2D eigenvalue weighted by Gasteiger charge is -2.13. The summed E-state index contributed by atoms with van der Waals surface area (Å²) in [6, 6.07) is 6.19. The molecule has 5 heteroatoms. The quantitative estimate of drug-likeness (QED) is 0.804. The predicted molar refractivity (Wildman–Crippen MR) is 89.3 cm³/mol. The third kappa shape index (κ3) is 3.01. The van der Waals surface area contributed by atoms with E-state index in [0.717, 1.165) is 34.1 Å². The summed E-state index contributed by atoms with van der Waals surface area (Å²) in [6.07, 6.45) is 4.06. The zero-order valence-electron chi connectivity index (χ0n) is 11.9. The van der Waals surface area contributed by atoms with Gasteiger partial charge in [0.1, 0.15) is 5.69 Å². The van der Waals surface area contributed by atoms with Crippen LogP contribution in [0.5, 0.6) is 0 Å². The van der Waals surface area contributed by atoms with E-state index in [0.29, 0.717) is 16.8 Å². The Labute approximate surface area is 137 Å². The van der Waals surface area contributed by atoms with Crippen molar-refractivity contribution in [3.8, 4) is 0 Å². The number of benzene rings is 1. The summed E-state index contributed by atoms with van der Waals surface area (Å²) in [5.74, 6) is -0.124. The molecule has 3 rings (SSSR count). The van der Waals surface area contributed by atoms with Crippen molar-refractivity contribution in [3.63, 3.8) is 0 Å². The zero-order valence-corrected chi connectivity index (χ0v) is 14.3. The van der Waals surface area contributed by atoms with E-state index in [2.05, 4.69) is 21.2 Å². The molecule has 0 unspecified atom stereocenters. The summed E-state index contributed by atoms with van der Waals surface area (Å²) in [5, 5.41) is 3.60. The molecule has 0 spiro atoms. The number of nitrogens with zero attached hydrogens (tertiary/aromatic N) is 1. The SMILES string of the molecule is Cc1cc(C)c(NC(=O)c2cc(Cl)cn2C2CC2)c(Br)c1. The molecule has 0 bridgehead atoms. The van der Waals surface area contributed by atoms with Gasteiger partial charge in [-0.2, -0.15) is 0 Å². The summed E-state index contributed by atoms with van der Waals surface area (Å²) in [5.41, 5.74) is 3.62. The number of anilines is 1. The number of aromatic nitrogens is 1. The van der Waals surface area contributed by atoms with E-state index in [1.165, 1.54) is 0 Å². The fourth-order valence-electron chi connectivity index (χ4n) is 2.53. The maximum atomic E-state index is 12.6. The lowest BCUT2D eigenvalue weighted by molar-refractivity contribution is 0.101. The molecule has 2 aromatic rings. The van der Waals surface area contributed by atoms with Gasteiger partial charge in [0.2, 0.25) is 0 Å². The summed E-state index contributed by atoms with van der Waals surface area (Å²) in [7, 11) is 0. The van der Waals surface area contributed by atoms with Crippen molar-refractivity contribution in [1.82, 2.24) is 4.57 Å². The van der Waals surface area contributed by atoms with Crippen LogP contribution in [0.25, 0.3) is 0 Å². The maximum absolute atomic E-state index is 12.6. The van der Waals surface area contributed by atoms with E-state index < -0.39 is 0 Å². The highest BCUT2D eigenvalue weighted by atomic mass is 79.9. The molecule has 1 aromatic carbocycles. The molecule has 1 aromatic heterocycles. The molecular formula is C16H16BrClN2O. The highest BCUT2D eigenvalue weighted by Crippen LogP contribution is 2.38. The Balaban J connectivity index is 1.90. The molecule has 1 amide bonds. The Morgan fingerprint density at radius 1 is 1.33 bits per heavy atom. The fourth-order valence-corrected chi connectivity index (χ4v) is 3.52. The first-order chi connectivity index (χ1) is 9.95. The number of amides is 1. The van der Waals surface area contributed by atoms with Crippen LogP contribution in [0.3, 0.4) is 0 Å². The molecule has 21 heavy (non-hydrogen) atoms. The molecule has 1 aliphatic carbocycles. The van der Waals surface area contributed by atoms with E-state index in [1.54, 1.807) is 6.07 Å². The molecule has 3 nitrogen and oxygen atoms in total. The number of hydrogen-bond donors (Lipinski definition) is 1. The Kier molecular flexibility index (Phi) is 3.84. The van der Waals surface area contributed by atoms with Crippen molar-refractivity contribution in [2.45, 2.75) is 32.7 Å². The third-order valence-corrected chi connectivity index (χ3v) is 4.49. The van der Waals surface area contributed by atoms with Crippen LogP contribution in [0, 0.1) is 13.8 Å². The van der Waals surface area contributed by atoms with Gasteiger partial charge < -0.3 is 9.88 Å². The number of carbonyl (C=O) groups excluding carboxylic acids is 1. The van der Waals surface area contributed by atoms with Gasteiger partial charge in [0, 0.05) is 16.7 Å². The van der Waals surface area contributed by atoms with Gasteiger partial charge in [-0.15, -0.1) is 0 Å². The van der Waals surface area contributed by atoms with Gasteiger partial charge in [-0.1, -0.05) is 17.7 Å². The first-order valence-electron chi connectivity index (χ1n) is 6.91. The number of halogens is 2. The van der Waals surface area contributed by atoms with Gasteiger partial charge in [0.25, 0.3) is 5.91 Å². The molecule has 0 saturated heterocycles. The first kappa shape index (κ1) is 14.7. The molecule has 1 saturated carbocycles. The van der Waals surface area contributed by atoms with E-state index in [4.69, 9.17) is 11.6 Å². The Morgan fingerprint density at radius 3 is 2.67 bits per heavy atom. The van der Waals surface area contributed by atoms with Crippen LogP contribution in [-0.2, 0) is 0 Å². The Bertz CT molecular complexity index is 696. The van der Waals surface area contributed by atoms with Crippen molar-refractivity contribution < 1.29 is 4.79 Å². The topological polar surface area (TPSA) is 34.0 Å². The molecule has 110 valence electrons. The fraction of sp³-hybridized carbons (Fsp3) is 0.312. The average molecular weight is 368 g/mol. The van der Waals surface area contributed by atoms with E-state index >= 15 is 0 Å². The van der Waals surface area contributed by atoms with Gasteiger partial charge in [0.15, 0.2) is 0 Å². The van der Waals surface area contributed by atoms with E-state index in [1.807, 2.05) is 36.7 Å². The van der Waals surface area contributed by atoms with Crippen molar-refractivity contribution in [1.29, 1.82) is 0 Å². The van der Waals surface area contributed by atoms with Crippen LogP contribution in [0.15, 0.2) is 28.9 Å². The second-order valence-electron chi connectivity index (χ2n) is 5.57. The number of rotatable bonds is 3. The summed E-state index contributed by atoms with van der Waals surface area (Å²) in [4.78, 5) is 12.6. The van der Waals surface area contributed by atoms with Gasteiger partial charge in [-0.3, -0.25) is 4.79 Å². The zero-order chi connectivity index (χ0) is 15.1. The second-order valence-corrected chi connectivity index (χ2v) is 6.87. The van der Waals surface area contributed by atoms with Crippen molar-refractivity contribution in [2.24, 2.45) is 0 Å². The van der Waals surface area contributed by atoms with Gasteiger partial charge in [-0.25, -0.2) is 0 Å². The number of aryl methyl sites for hydroxylation is 2. The van der Waals surface area contributed by atoms with Crippen LogP contribution in [0.1, 0.15) is 40.5 Å². The number of hydrogen-bond acceptors (Lipinski definition) is 1. The normalized spacial score (nSPS) is 14.3. The lowest BCUT2D eigenvalue weighted by Crippen LogP contribution is -2.17. The maximum Gasteiger partial charge on any atom is 0.272 e. The van der Waals surface area contributed by atoms with Crippen molar-refractivity contribution in [3.05, 3.63) is 50.7 Å². The van der Waals surface area contributed by atoms with E-state index in [9.17, 15) is 4.79 Å². The molecule has 0 radical (unpaired) electrons. The minimum absolute atomic E-state index is 0.124. The predicted octanol–water partition coefficient (Wildman–Crippen LogP) is 5.11. The smallest absolute Gasteiger partial charge is 0.272 e. The van der Waals surface area contributed by atoms with E-state index in [-0.39, 0.29) is 5.91 Å². The largest absolute Gasteiger partial charge is 0.339 e. The molecule has 1 heterocycles. The minimum Gasteiger partial charge on any atom is -0.339 e. The van der Waals surface area contributed by atoms with Gasteiger partial charge in [0.05, 0.1) is 10.7 Å². The van der Waals surface area contributed by atoms with Crippen LogP contribution in [0.4, 0.5) is 5.69 Å². The summed E-state index contributed by atoms with van der Waals surface area (Å²) >= 11 is 9.57. The molecule has 1 fully saturated rings. The highest BCUT2D eigenvalue weighted by Gasteiger charge is 2.28. The molecule has 1 N–H and O–H groups in total. The van der Waals surface area contributed by atoms with Gasteiger partial charge >= 0.3 is 0 Å². The monoisotopic (exact) mass is 366 g/mol. The molecule has 0 atom stereocenters. The third-order valence-electron chi connectivity index (χ3n) is 3.66. The minimum atomic E-state index is -0.124. The van der Waals surface area contributed by atoms with Gasteiger partial charge in [-0.05, 0) is 65.9 Å². The average Bonchev–Trinajstić information content (AvgIpc) is 3.16. The second kappa shape index (κ2) is 5.50. The Hall–Kier alpha value is -1.26. The summed E-state index contributed by atoms with van der Waals surface area (Å²) in [6.45, 7) is 4.02. The highest BCUT2D eigenvalue weighted by molar-refractivity contribution is 9.10. The van der Waals surface area contributed by atoms with Crippen LogP contribution in [-0.4, -0.2) is 10.5 Å².